The van der Waals surface area contributed by atoms with E-state index in [9.17, 15) is 8.78 Å². The molecule has 0 fully saturated rings. The summed E-state index contributed by atoms with van der Waals surface area (Å²) in [5, 5.41) is 3.33. The Morgan fingerprint density at radius 1 is 1.21 bits per heavy atom. The molecule has 0 aliphatic carbocycles. The van der Waals surface area contributed by atoms with E-state index in [0.29, 0.717) is 23.3 Å². The zero-order chi connectivity index (χ0) is 17.7. The van der Waals surface area contributed by atoms with E-state index < -0.39 is 11.6 Å². The second kappa shape index (κ2) is 8.24. The Hall–Kier alpha value is -1.95. The van der Waals surface area contributed by atoms with Gasteiger partial charge in [0, 0.05) is 18.3 Å². The van der Waals surface area contributed by atoms with E-state index in [4.69, 9.17) is 16.6 Å². The average Bonchev–Trinajstić information content (AvgIpc) is 2.99. The van der Waals surface area contributed by atoms with Crippen molar-refractivity contribution < 1.29 is 13.2 Å². The van der Waals surface area contributed by atoms with Crippen LogP contribution in [0.4, 0.5) is 14.5 Å². The third kappa shape index (κ3) is 5.03. The molecule has 3 nitrogen and oxygen atoms in total. The van der Waals surface area contributed by atoms with Gasteiger partial charge in [0.2, 0.25) is 0 Å². The Bertz CT molecular complexity index is 653. The number of thiocarbonyl (C=S) groups is 1. The molecule has 1 aromatic carbocycles. The lowest BCUT2D eigenvalue weighted by molar-refractivity contribution is 0.281. The highest BCUT2D eigenvalue weighted by Crippen LogP contribution is 2.23. The highest BCUT2D eigenvalue weighted by Gasteiger charge is 2.21. The minimum atomic E-state index is -0.645. The van der Waals surface area contributed by atoms with Crippen LogP contribution in [0.1, 0.15) is 39.0 Å². The van der Waals surface area contributed by atoms with Gasteiger partial charge in [0.05, 0.1) is 12.3 Å². The van der Waals surface area contributed by atoms with Crippen LogP contribution < -0.4 is 5.32 Å². The topological polar surface area (TPSA) is 28.4 Å². The second-order valence-corrected chi connectivity index (χ2v) is 6.54. The molecule has 1 atom stereocenters. The molecule has 6 heteroatoms. The molecule has 130 valence electrons. The van der Waals surface area contributed by atoms with Gasteiger partial charge in [-0.2, -0.15) is 0 Å². The fraction of sp³-hybridized carbons (Fsp3) is 0.389. The molecule has 0 spiro atoms. The van der Waals surface area contributed by atoms with Crippen LogP contribution >= 0.6 is 12.2 Å². The van der Waals surface area contributed by atoms with Gasteiger partial charge in [0.1, 0.15) is 17.4 Å². The van der Waals surface area contributed by atoms with E-state index in [1.54, 1.807) is 6.26 Å². The first-order valence-electron chi connectivity index (χ1n) is 7.94. The van der Waals surface area contributed by atoms with Crippen molar-refractivity contribution in [2.24, 2.45) is 5.92 Å². The van der Waals surface area contributed by atoms with Crippen molar-refractivity contribution in [3.63, 3.8) is 0 Å². The Labute approximate surface area is 146 Å². The standard InChI is InChI=1S/C18H22F2N2OS/c1-12(2)6-7-22(13(3)17-5-4-8-23-17)18(24)21-16-10-14(19)9-15(20)11-16/h4-5,8-13H,6-7H2,1-3H3,(H,21,24)/t13-/m0/s1. The lowest BCUT2D eigenvalue weighted by atomic mass is 10.1. The third-order valence-electron chi connectivity index (χ3n) is 3.74. The summed E-state index contributed by atoms with van der Waals surface area (Å²) in [6, 6.07) is 6.89. The summed E-state index contributed by atoms with van der Waals surface area (Å²) in [7, 11) is 0. The first-order chi connectivity index (χ1) is 11.4. The van der Waals surface area contributed by atoms with Crippen LogP contribution in [0.3, 0.4) is 0 Å². The third-order valence-corrected chi connectivity index (χ3v) is 4.08. The van der Waals surface area contributed by atoms with E-state index in [-0.39, 0.29) is 6.04 Å². The zero-order valence-corrected chi connectivity index (χ0v) is 14.9. The largest absolute Gasteiger partial charge is 0.467 e. The van der Waals surface area contributed by atoms with Crippen LogP contribution in [-0.2, 0) is 0 Å². The van der Waals surface area contributed by atoms with Gasteiger partial charge in [-0.05, 0) is 55.7 Å². The molecule has 2 aromatic rings. The summed E-state index contributed by atoms with van der Waals surface area (Å²) in [5.41, 5.74) is 0.290. The number of rotatable bonds is 6. The molecular formula is C18H22F2N2OS. The van der Waals surface area contributed by atoms with Crippen molar-refractivity contribution in [3.05, 3.63) is 54.0 Å². The molecule has 0 saturated carbocycles. The number of anilines is 1. The number of nitrogens with one attached hydrogen (secondary N) is 1. The van der Waals surface area contributed by atoms with Crippen LogP contribution in [0.2, 0.25) is 0 Å². The van der Waals surface area contributed by atoms with Crippen molar-refractivity contribution in [2.45, 2.75) is 33.2 Å². The molecule has 0 radical (unpaired) electrons. The number of nitrogens with zero attached hydrogens (tertiary/aromatic N) is 1. The minimum absolute atomic E-state index is 0.0860. The summed E-state index contributed by atoms with van der Waals surface area (Å²) >= 11 is 5.47. The molecule has 0 bridgehead atoms. The van der Waals surface area contributed by atoms with E-state index in [2.05, 4.69) is 19.2 Å². The Kier molecular flexibility index (Phi) is 6.31. The maximum Gasteiger partial charge on any atom is 0.174 e. The van der Waals surface area contributed by atoms with Crippen LogP contribution in [0.5, 0.6) is 0 Å². The summed E-state index contributed by atoms with van der Waals surface area (Å²) in [5.74, 6) is 0.000251. The van der Waals surface area contributed by atoms with Gasteiger partial charge in [0.25, 0.3) is 0 Å². The molecule has 2 rings (SSSR count). The van der Waals surface area contributed by atoms with Gasteiger partial charge in [-0.1, -0.05) is 13.8 Å². The van der Waals surface area contributed by atoms with Gasteiger partial charge < -0.3 is 14.6 Å². The molecular weight excluding hydrogens is 330 g/mol. The van der Waals surface area contributed by atoms with Crippen LogP contribution in [-0.4, -0.2) is 16.6 Å². The molecule has 0 aliphatic rings. The Morgan fingerprint density at radius 3 is 2.42 bits per heavy atom. The zero-order valence-electron chi connectivity index (χ0n) is 14.1. The number of halogens is 2. The fourth-order valence-corrected chi connectivity index (χ4v) is 2.74. The van der Waals surface area contributed by atoms with Crippen molar-refractivity contribution in [2.75, 3.05) is 11.9 Å². The van der Waals surface area contributed by atoms with Gasteiger partial charge >= 0.3 is 0 Å². The van der Waals surface area contributed by atoms with Gasteiger partial charge in [0.15, 0.2) is 5.11 Å². The highest BCUT2D eigenvalue weighted by molar-refractivity contribution is 7.80. The quantitative estimate of drug-likeness (QED) is 0.708. The van der Waals surface area contributed by atoms with E-state index in [1.807, 2.05) is 24.0 Å². The second-order valence-electron chi connectivity index (χ2n) is 6.16. The minimum Gasteiger partial charge on any atom is -0.467 e. The fourth-order valence-electron chi connectivity index (χ4n) is 2.37. The molecule has 1 heterocycles. The van der Waals surface area contributed by atoms with Crippen molar-refractivity contribution >= 4 is 23.0 Å². The van der Waals surface area contributed by atoms with E-state index >= 15 is 0 Å². The summed E-state index contributed by atoms with van der Waals surface area (Å²) in [6.45, 7) is 6.96. The van der Waals surface area contributed by atoms with Gasteiger partial charge in [-0.3, -0.25) is 0 Å². The maximum absolute atomic E-state index is 13.4. The smallest absolute Gasteiger partial charge is 0.174 e. The first kappa shape index (κ1) is 18.4. The molecule has 0 amide bonds. The first-order valence-corrected chi connectivity index (χ1v) is 8.34. The van der Waals surface area contributed by atoms with Gasteiger partial charge in [-0.15, -0.1) is 0 Å². The van der Waals surface area contributed by atoms with E-state index in [0.717, 1.165) is 18.2 Å². The average molecular weight is 352 g/mol. The van der Waals surface area contributed by atoms with Crippen LogP contribution in [0.25, 0.3) is 0 Å². The lowest BCUT2D eigenvalue weighted by Gasteiger charge is -2.31. The Balaban J connectivity index is 2.16. The molecule has 1 aromatic heterocycles. The monoisotopic (exact) mass is 352 g/mol. The number of hydrogen-bond acceptors (Lipinski definition) is 2. The molecule has 0 saturated heterocycles. The van der Waals surface area contributed by atoms with Crippen LogP contribution in [0.15, 0.2) is 41.0 Å². The van der Waals surface area contributed by atoms with Crippen LogP contribution in [0, 0.1) is 17.6 Å². The maximum atomic E-state index is 13.4. The summed E-state index contributed by atoms with van der Waals surface area (Å²) in [6.07, 6.45) is 2.55. The Morgan fingerprint density at radius 2 is 1.88 bits per heavy atom. The number of hydrogen-bond donors (Lipinski definition) is 1. The van der Waals surface area contributed by atoms with Crippen molar-refractivity contribution in [1.29, 1.82) is 0 Å². The number of benzene rings is 1. The molecule has 1 N–H and O–H groups in total. The molecule has 0 unspecified atom stereocenters. The van der Waals surface area contributed by atoms with E-state index in [1.165, 1.54) is 12.1 Å². The lowest BCUT2D eigenvalue weighted by Crippen LogP contribution is -2.38. The predicted octanol–water partition coefficient (Wildman–Crippen LogP) is 5.36. The summed E-state index contributed by atoms with van der Waals surface area (Å²) in [4.78, 5) is 1.97. The predicted molar refractivity (Wildman–Crippen MR) is 95.9 cm³/mol. The number of furan rings is 1. The summed E-state index contributed by atoms with van der Waals surface area (Å²) < 4.78 is 32.2. The highest BCUT2D eigenvalue weighted by atomic mass is 32.1. The SMILES string of the molecule is CC(C)CCN(C(=S)Nc1cc(F)cc(F)c1)[C@@H](C)c1ccco1. The van der Waals surface area contributed by atoms with Crippen molar-refractivity contribution in [3.8, 4) is 0 Å². The normalized spacial score (nSPS) is 12.2. The van der Waals surface area contributed by atoms with Gasteiger partial charge in [-0.25, -0.2) is 8.78 Å². The van der Waals surface area contributed by atoms with Crippen molar-refractivity contribution in [1.82, 2.24) is 4.90 Å². The molecule has 0 aliphatic heterocycles. The molecule has 24 heavy (non-hydrogen) atoms.